The largest absolute Gasteiger partial charge is 0.460 e. The van der Waals surface area contributed by atoms with Crippen LogP contribution in [-0.2, 0) is 7.05 Å². The van der Waals surface area contributed by atoms with Gasteiger partial charge in [-0.15, -0.1) is 0 Å². The van der Waals surface area contributed by atoms with E-state index in [1.54, 1.807) is 42.3 Å². The van der Waals surface area contributed by atoms with E-state index in [0.717, 1.165) is 43.1 Å². The summed E-state index contributed by atoms with van der Waals surface area (Å²) in [7, 11) is 1.74. The molecule has 26 heavy (non-hydrogen) atoms. The van der Waals surface area contributed by atoms with Crippen molar-refractivity contribution in [2.75, 3.05) is 13.1 Å². The van der Waals surface area contributed by atoms with Crippen LogP contribution in [-0.4, -0.2) is 44.7 Å². The van der Waals surface area contributed by atoms with Crippen LogP contribution in [0.15, 0.2) is 35.5 Å². The highest BCUT2D eigenvalue weighted by atomic mass is 16.5. The first-order chi connectivity index (χ1) is 12.7. The third-order valence-corrected chi connectivity index (χ3v) is 5.64. The zero-order valence-electron chi connectivity index (χ0n) is 15.3. The molecule has 2 aliphatic rings. The summed E-state index contributed by atoms with van der Waals surface area (Å²) in [5.74, 6) is 0. The molecule has 0 atom stereocenters. The van der Waals surface area contributed by atoms with Crippen molar-refractivity contribution in [3.8, 4) is 17.1 Å². The standard InChI is InChI=1S/C20H26N4O2/c1-23-14-15(6-7-19(23)25)16-12-21-20(22-13-16)26-18-8-10-24(11-9-18)17-4-2-3-5-17/h6-7,12-14,17-18H,2-5,8-11H2,1H3. The molecule has 0 spiro atoms. The lowest BCUT2D eigenvalue weighted by molar-refractivity contribution is 0.0710. The third kappa shape index (κ3) is 3.80. The molecule has 2 aromatic rings. The van der Waals surface area contributed by atoms with Crippen LogP contribution < -0.4 is 10.3 Å². The van der Waals surface area contributed by atoms with E-state index in [1.165, 1.54) is 25.7 Å². The molecule has 0 aromatic carbocycles. The van der Waals surface area contributed by atoms with E-state index < -0.39 is 0 Å². The summed E-state index contributed by atoms with van der Waals surface area (Å²) in [5, 5.41) is 0. The minimum Gasteiger partial charge on any atom is -0.460 e. The van der Waals surface area contributed by atoms with Crippen LogP contribution in [0.1, 0.15) is 38.5 Å². The maximum atomic E-state index is 11.5. The summed E-state index contributed by atoms with van der Waals surface area (Å²) < 4.78 is 7.55. The number of hydrogen-bond donors (Lipinski definition) is 0. The summed E-state index contributed by atoms with van der Waals surface area (Å²) in [6.45, 7) is 2.23. The molecule has 0 unspecified atom stereocenters. The van der Waals surface area contributed by atoms with Crippen molar-refractivity contribution < 1.29 is 4.74 Å². The van der Waals surface area contributed by atoms with Crippen molar-refractivity contribution in [3.63, 3.8) is 0 Å². The molecule has 6 nitrogen and oxygen atoms in total. The molecule has 3 heterocycles. The van der Waals surface area contributed by atoms with Gasteiger partial charge in [0.2, 0.25) is 5.56 Å². The lowest BCUT2D eigenvalue weighted by Crippen LogP contribution is -2.43. The van der Waals surface area contributed by atoms with Gasteiger partial charge < -0.3 is 14.2 Å². The van der Waals surface area contributed by atoms with Gasteiger partial charge in [0.05, 0.1) is 0 Å². The molecule has 2 aromatic heterocycles. The Balaban J connectivity index is 1.34. The predicted molar refractivity (Wildman–Crippen MR) is 100 cm³/mol. The van der Waals surface area contributed by atoms with Crippen LogP contribution in [0, 0.1) is 0 Å². The lowest BCUT2D eigenvalue weighted by Gasteiger charge is -2.35. The molecular weight excluding hydrogens is 328 g/mol. The molecule has 1 aliphatic carbocycles. The zero-order valence-corrected chi connectivity index (χ0v) is 15.3. The summed E-state index contributed by atoms with van der Waals surface area (Å²) in [5.41, 5.74) is 1.77. The highest BCUT2D eigenvalue weighted by molar-refractivity contribution is 5.60. The van der Waals surface area contributed by atoms with Crippen molar-refractivity contribution in [2.24, 2.45) is 7.05 Å². The minimum absolute atomic E-state index is 0.0291. The number of rotatable bonds is 4. The molecule has 1 saturated heterocycles. The van der Waals surface area contributed by atoms with Crippen LogP contribution in [0.3, 0.4) is 0 Å². The normalized spacial score (nSPS) is 19.7. The number of aryl methyl sites for hydroxylation is 1. The highest BCUT2D eigenvalue weighted by Gasteiger charge is 2.28. The van der Waals surface area contributed by atoms with E-state index in [4.69, 9.17) is 4.74 Å². The maximum Gasteiger partial charge on any atom is 0.316 e. The molecular formula is C20H26N4O2. The van der Waals surface area contributed by atoms with Gasteiger partial charge >= 0.3 is 6.01 Å². The molecule has 0 bridgehead atoms. The second-order valence-electron chi connectivity index (χ2n) is 7.41. The van der Waals surface area contributed by atoms with Crippen molar-refractivity contribution in [1.82, 2.24) is 19.4 Å². The zero-order chi connectivity index (χ0) is 17.9. The van der Waals surface area contributed by atoms with Crippen LogP contribution in [0.4, 0.5) is 0 Å². The van der Waals surface area contributed by atoms with Crippen molar-refractivity contribution in [2.45, 2.75) is 50.7 Å². The minimum atomic E-state index is -0.0291. The molecule has 0 radical (unpaired) electrons. The number of ether oxygens (including phenoxy) is 1. The van der Waals surface area contributed by atoms with E-state index in [2.05, 4.69) is 14.9 Å². The van der Waals surface area contributed by atoms with E-state index in [0.29, 0.717) is 6.01 Å². The Labute approximate surface area is 153 Å². The Kier molecular flexibility index (Phi) is 5.02. The number of nitrogens with zero attached hydrogens (tertiary/aromatic N) is 4. The number of likely N-dealkylation sites (tertiary alicyclic amines) is 1. The Hall–Kier alpha value is -2.21. The summed E-state index contributed by atoms with van der Waals surface area (Å²) in [4.78, 5) is 22.9. The molecule has 0 amide bonds. The monoisotopic (exact) mass is 354 g/mol. The average molecular weight is 354 g/mol. The van der Waals surface area contributed by atoms with Crippen LogP contribution in [0.5, 0.6) is 6.01 Å². The highest BCUT2D eigenvalue weighted by Crippen LogP contribution is 2.27. The van der Waals surface area contributed by atoms with Crippen molar-refractivity contribution in [3.05, 3.63) is 41.1 Å². The lowest BCUT2D eigenvalue weighted by atomic mass is 10.0. The fourth-order valence-corrected chi connectivity index (χ4v) is 4.07. The number of hydrogen-bond acceptors (Lipinski definition) is 5. The molecule has 1 saturated carbocycles. The fraction of sp³-hybridized carbons (Fsp3) is 0.550. The van der Waals surface area contributed by atoms with Crippen LogP contribution in [0.2, 0.25) is 0 Å². The van der Waals surface area contributed by atoms with Gasteiger partial charge in [-0.25, -0.2) is 9.97 Å². The average Bonchev–Trinajstić information content (AvgIpc) is 3.20. The van der Waals surface area contributed by atoms with E-state index >= 15 is 0 Å². The predicted octanol–water partition coefficient (Wildman–Crippen LogP) is 2.63. The topological polar surface area (TPSA) is 60.2 Å². The van der Waals surface area contributed by atoms with Crippen molar-refractivity contribution >= 4 is 0 Å². The second kappa shape index (κ2) is 7.58. The molecule has 4 rings (SSSR count). The Morgan fingerprint density at radius 1 is 1.00 bits per heavy atom. The van der Waals surface area contributed by atoms with Crippen LogP contribution >= 0.6 is 0 Å². The van der Waals surface area contributed by atoms with Gasteiger partial charge in [-0.1, -0.05) is 12.8 Å². The number of aromatic nitrogens is 3. The molecule has 2 fully saturated rings. The molecule has 1 aliphatic heterocycles. The first kappa shape index (κ1) is 17.2. The maximum absolute atomic E-state index is 11.5. The molecule has 0 N–H and O–H groups in total. The van der Waals surface area contributed by atoms with Gasteiger partial charge in [-0.2, -0.15) is 0 Å². The SMILES string of the molecule is Cn1cc(-c2cnc(OC3CCN(C4CCCC4)CC3)nc2)ccc1=O. The summed E-state index contributed by atoms with van der Waals surface area (Å²) in [6.07, 6.45) is 13.1. The second-order valence-corrected chi connectivity index (χ2v) is 7.41. The van der Waals surface area contributed by atoms with Gasteiger partial charge in [0, 0.05) is 62.0 Å². The van der Waals surface area contributed by atoms with Crippen LogP contribution in [0.25, 0.3) is 11.1 Å². The Morgan fingerprint density at radius 3 is 2.35 bits per heavy atom. The first-order valence-corrected chi connectivity index (χ1v) is 9.59. The van der Waals surface area contributed by atoms with E-state index in [-0.39, 0.29) is 11.7 Å². The Bertz CT molecular complexity index is 788. The smallest absolute Gasteiger partial charge is 0.316 e. The fourth-order valence-electron chi connectivity index (χ4n) is 4.07. The van der Waals surface area contributed by atoms with Gasteiger partial charge in [-0.3, -0.25) is 4.79 Å². The summed E-state index contributed by atoms with van der Waals surface area (Å²) >= 11 is 0. The van der Waals surface area contributed by atoms with E-state index in [9.17, 15) is 4.79 Å². The van der Waals surface area contributed by atoms with Gasteiger partial charge in [0.25, 0.3) is 0 Å². The van der Waals surface area contributed by atoms with Gasteiger partial charge in [0.15, 0.2) is 0 Å². The molecule has 6 heteroatoms. The molecule has 138 valence electrons. The quantitative estimate of drug-likeness (QED) is 0.845. The van der Waals surface area contributed by atoms with Crippen molar-refractivity contribution in [1.29, 1.82) is 0 Å². The van der Waals surface area contributed by atoms with Gasteiger partial charge in [-0.05, 0) is 31.7 Å². The number of piperidine rings is 1. The first-order valence-electron chi connectivity index (χ1n) is 9.59. The van der Waals surface area contributed by atoms with Gasteiger partial charge in [0.1, 0.15) is 6.10 Å². The Morgan fingerprint density at radius 2 is 1.69 bits per heavy atom. The number of pyridine rings is 1. The summed E-state index contributed by atoms with van der Waals surface area (Å²) in [6, 6.07) is 4.59. The van der Waals surface area contributed by atoms with E-state index in [1.807, 2.05) is 0 Å². The third-order valence-electron chi connectivity index (χ3n) is 5.64.